The van der Waals surface area contributed by atoms with E-state index in [1.54, 1.807) is 4.31 Å². The van der Waals surface area contributed by atoms with Crippen molar-refractivity contribution in [1.82, 2.24) is 10.0 Å². The number of nitrogens with zero attached hydrogens (tertiary/aromatic N) is 1. The van der Waals surface area contributed by atoms with Gasteiger partial charge >= 0.3 is 0 Å². The number of hydrogen-bond acceptors (Lipinski definition) is 2. The standard InChI is InChI=1S/C8H15N2O2S/c9-7-3-5-10(6-4-7)13(11,12)8-1-2-8/h7-9H,1-6H2. The Kier molecular flexibility index (Phi) is 2.33. The zero-order chi connectivity index (χ0) is 9.47. The zero-order valence-electron chi connectivity index (χ0n) is 7.57. The van der Waals surface area contributed by atoms with Gasteiger partial charge in [0.05, 0.1) is 5.25 Å². The molecule has 0 unspecified atom stereocenters. The number of piperidine rings is 1. The summed E-state index contributed by atoms with van der Waals surface area (Å²) >= 11 is 0. The summed E-state index contributed by atoms with van der Waals surface area (Å²) in [4.78, 5) is 0. The van der Waals surface area contributed by atoms with Gasteiger partial charge in [-0.1, -0.05) is 0 Å². The van der Waals surface area contributed by atoms with Gasteiger partial charge in [-0.05, 0) is 25.7 Å². The van der Waals surface area contributed by atoms with Crippen molar-refractivity contribution in [2.45, 2.75) is 37.0 Å². The van der Waals surface area contributed by atoms with E-state index in [1.807, 2.05) is 0 Å². The van der Waals surface area contributed by atoms with Crippen LogP contribution in [0.5, 0.6) is 0 Å². The third-order valence-electron chi connectivity index (χ3n) is 2.76. The number of hydrogen-bond donors (Lipinski definition) is 0. The second kappa shape index (κ2) is 3.22. The second-order valence-corrected chi connectivity index (χ2v) is 6.13. The van der Waals surface area contributed by atoms with E-state index >= 15 is 0 Å². The average Bonchev–Trinajstić information content (AvgIpc) is 2.87. The van der Waals surface area contributed by atoms with E-state index in [9.17, 15) is 8.42 Å². The van der Waals surface area contributed by atoms with Gasteiger partial charge in [0.25, 0.3) is 0 Å². The summed E-state index contributed by atoms with van der Waals surface area (Å²) in [6, 6.07) is -0.0503. The van der Waals surface area contributed by atoms with Crippen LogP contribution in [0.1, 0.15) is 25.7 Å². The highest BCUT2D eigenvalue weighted by molar-refractivity contribution is 7.90. The molecular weight excluding hydrogens is 188 g/mol. The Labute approximate surface area is 79.1 Å². The molecule has 1 saturated carbocycles. The first kappa shape index (κ1) is 9.43. The predicted molar refractivity (Wildman–Crippen MR) is 49.6 cm³/mol. The molecular formula is C8H15N2O2S. The number of nitrogens with one attached hydrogen (secondary N) is 1. The number of sulfonamides is 1. The smallest absolute Gasteiger partial charge is 0.216 e. The highest BCUT2D eigenvalue weighted by Gasteiger charge is 2.40. The molecule has 1 N–H and O–H groups in total. The van der Waals surface area contributed by atoms with Gasteiger partial charge in [-0.15, -0.1) is 0 Å². The summed E-state index contributed by atoms with van der Waals surface area (Å²) in [5.74, 6) is 0. The first-order valence-electron chi connectivity index (χ1n) is 4.81. The van der Waals surface area contributed by atoms with Crippen LogP contribution in [0.2, 0.25) is 0 Å². The van der Waals surface area contributed by atoms with Crippen LogP contribution in [0.4, 0.5) is 0 Å². The van der Waals surface area contributed by atoms with E-state index in [1.165, 1.54) is 0 Å². The second-order valence-electron chi connectivity index (χ2n) is 3.92. The highest BCUT2D eigenvalue weighted by Crippen LogP contribution is 2.32. The summed E-state index contributed by atoms with van der Waals surface area (Å²) < 4.78 is 25.0. The predicted octanol–water partition coefficient (Wildman–Crippen LogP) is 0.226. The fraction of sp³-hybridized carbons (Fsp3) is 1.00. The highest BCUT2D eigenvalue weighted by atomic mass is 32.2. The quantitative estimate of drug-likeness (QED) is 0.645. The molecule has 1 heterocycles. The van der Waals surface area contributed by atoms with E-state index in [-0.39, 0.29) is 11.3 Å². The molecule has 0 aromatic heterocycles. The molecule has 2 aliphatic rings. The van der Waals surface area contributed by atoms with Crippen LogP contribution in [0.3, 0.4) is 0 Å². The van der Waals surface area contributed by atoms with Gasteiger partial charge in [0.15, 0.2) is 0 Å². The molecule has 5 heteroatoms. The lowest BCUT2D eigenvalue weighted by Gasteiger charge is -2.28. The molecule has 13 heavy (non-hydrogen) atoms. The lowest BCUT2D eigenvalue weighted by Crippen LogP contribution is -2.41. The molecule has 1 radical (unpaired) electrons. The lowest BCUT2D eigenvalue weighted by atomic mass is 10.1. The van der Waals surface area contributed by atoms with Gasteiger partial charge in [0.1, 0.15) is 0 Å². The summed E-state index contributed by atoms with van der Waals surface area (Å²) in [6.07, 6.45) is 3.07. The lowest BCUT2D eigenvalue weighted by molar-refractivity contribution is 0.315. The van der Waals surface area contributed by atoms with Crippen molar-refractivity contribution < 1.29 is 8.42 Å². The van der Waals surface area contributed by atoms with Crippen LogP contribution < -0.4 is 5.73 Å². The third-order valence-corrected chi connectivity index (χ3v) is 5.16. The van der Waals surface area contributed by atoms with Crippen LogP contribution in [-0.4, -0.2) is 37.1 Å². The maximum atomic E-state index is 11.7. The Hall–Kier alpha value is -0.130. The van der Waals surface area contributed by atoms with Crippen molar-refractivity contribution in [3.63, 3.8) is 0 Å². The molecule has 4 nitrogen and oxygen atoms in total. The van der Waals surface area contributed by atoms with Crippen molar-refractivity contribution in [3.05, 3.63) is 0 Å². The molecule has 0 amide bonds. The van der Waals surface area contributed by atoms with E-state index in [2.05, 4.69) is 0 Å². The van der Waals surface area contributed by atoms with E-state index in [0.717, 1.165) is 12.8 Å². The van der Waals surface area contributed by atoms with Crippen molar-refractivity contribution in [1.29, 1.82) is 0 Å². The largest absolute Gasteiger partial charge is 0.254 e. The minimum Gasteiger partial charge on any atom is -0.254 e. The third kappa shape index (κ3) is 1.87. The van der Waals surface area contributed by atoms with Crippen molar-refractivity contribution >= 4 is 10.0 Å². The van der Waals surface area contributed by atoms with Gasteiger partial charge in [-0.3, -0.25) is 5.73 Å². The molecule has 0 bridgehead atoms. The van der Waals surface area contributed by atoms with E-state index in [0.29, 0.717) is 25.9 Å². The summed E-state index contributed by atoms with van der Waals surface area (Å²) in [5, 5.41) is -0.0882. The van der Waals surface area contributed by atoms with Crippen molar-refractivity contribution in [2.75, 3.05) is 13.1 Å². The van der Waals surface area contributed by atoms with Gasteiger partial charge in [0.2, 0.25) is 10.0 Å². The Bertz CT molecular complexity index is 277. The summed E-state index contributed by atoms with van der Waals surface area (Å²) in [6.45, 7) is 1.12. The Morgan fingerprint density at radius 1 is 1.08 bits per heavy atom. The van der Waals surface area contributed by atoms with Crippen LogP contribution in [0.15, 0.2) is 0 Å². The molecule has 1 aliphatic heterocycles. The first-order valence-corrected chi connectivity index (χ1v) is 6.31. The first-order chi connectivity index (χ1) is 6.10. The fourth-order valence-electron chi connectivity index (χ4n) is 1.69. The van der Waals surface area contributed by atoms with E-state index in [4.69, 9.17) is 5.73 Å². The van der Waals surface area contributed by atoms with Gasteiger partial charge < -0.3 is 0 Å². The Morgan fingerprint density at radius 2 is 1.62 bits per heavy atom. The topological polar surface area (TPSA) is 61.2 Å². The normalized spacial score (nSPS) is 27.8. The van der Waals surface area contributed by atoms with Gasteiger partial charge in [-0.2, -0.15) is 0 Å². The Morgan fingerprint density at radius 3 is 2.08 bits per heavy atom. The van der Waals surface area contributed by atoms with Crippen LogP contribution in [-0.2, 0) is 10.0 Å². The zero-order valence-corrected chi connectivity index (χ0v) is 8.39. The maximum Gasteiger partial charge on any atom is 0.216 e. The van der Waals surface area contributed by atoms with Crippen molar-refractivity contribution in [2.24, 2.45) is 0 Å². The molecule has 2 fully saturated rings. The molecule has 2 rings (SSSR count). The monoisotopic (exact) mass is 203 g/mol. The minimum absolute atomic E-state index is 0.0503. The molecule has 1 aliphatic carbocycles. The molecule has 1 saturated heterocycles. The summed E-state index contributed by atoms with van der Waals surface area (Å²) in [7, 11) is -2.96. The van der Waals surface area contributed by atoms with Crippen LogP contribution >= 0.6 is 0 Å². The molecule has 0 aromatic rings. The van der Waals surface area contributed by atoms with Crippen LogP contribution in [0.25, 0.3) is 0 Å². The average molecular weight is 203 g/mol. The minimum atomic E-state index is -2.96. The Balaban J connectivity index is 2.01. The fourth-order valence-corrected chi connectivity index (χ4v) is 3.56. The SMILES string of the molecule is [NH]C1CCN(S(=O)(=O)C2CC2)CC1. The maximum absolute atomic E-state index is 11.7. The molecule has 0 aromatic carbocycles. The van der Waals surface area contributed by atoms with E-state index < -0.39 is 10.0 Å². The van der Waals surface area contributed by atoms with Crippen LogP contribution in [0, 0.1) is 0 Å². The van der Waals surface area contributed by atoms with Gasteiger partial charge in [-0.25, -0.2) is 12.7 Å². The number of rotatable bonds is 2. The van der Waals surface area contributed by atoms with Crippen molar-refractivity contribution in [3.8, 4) is 0 Å². The molecule has 0 atom stereocenters. The molecule has 0 spiro atoms. The molecule has 75 valence electrons. The summed E-state index contributed by atoms with van der Waals surface area (Å²) in [5.41, 5.74) is 7.47. The van der Waals surface area contributed by atoms with Gasteiger partial charge in [0, 0.05) is 19.1 Å².